The highest BCUT2D eigenvalue weighted by molar-refractivity contribution is 9.10. The lowest BCUT2D eigenvalue weighted by atomic mass is 10.1. The fourth-order valence-corrected chi connectivity index (χ4v) is 1.98. The summed E-state index contributed by atoms with van der Waals surface area (Å²) in [6, 6.07) is 9.36. The summed E-state index contributed by atoms with van der Waals surface area (Å²) in [5.74, 6) is -1.91. The Hall–Kier alpha value is -2.21. The molecule has 20 heavy (non-hydrogen) atoms. The van der Waals surface area contributed by atoms with Gasteiger partial charge in [0, 0.05) is 0 Å². The van der Waals surface area contributed by atoms with E-state index in [1.807, 2.05) is 6.07 Å². The molecule has 104 valence electrons. The summed E-state index contributed by atoms with van der Waals surface area (Å²) < 4.78 is 6.03. The van der Waals surface area contributed by atoms with E-state index >= 15 is 0 Å². The van der Waals surface area contributed by atoms with Gasteiger partial charge in [-0.05, 0) is 40.2 Å². The van der Waals surface area contributed by atoms with Gasteiger partial charge in [0.2, 0.25) is 11.5 Å². The fourth-order valence-electron chi connectivity index (χ4n) is 1.58. The zero-order chi connectivity index (χ0) is 14.7. The van der Waals surface area contributed by atoms with E-state index in [1.165, 1.54) is 6.07 Å². The molecule has 0 unspecified atom stereocenters. The maximum absolute atomic E-state index is 11.9. The van der Waals surface area contributed by atoms with Crippen molar-refractivity contribution >= 4 is 21.7 Å². The van der Waals surface area contributed by atoms with E-state index in [1.54, 1.807) is 18.2 Å². The Morgan fingerprint density at radius 2 is 1.75 bits per heavy atom. The van der Waals surface area contributed by atoms with Crippen molar-refractivity contribution in [1.29, 1.82) is 0 Å². The minimum atomic E-state index is -0.725. The first-order chi connectivity index (χ1) is 9.50. The second-order valence-electron chi connectivity index (χ2n) is 3.97. The molecule has 0 aliphatic carbocycles. The number of Topliss-reactive ketones (excluding diaryl/α,β-unsaturated/α-hetero) is 1. The van der Waals surface area contributed by atoms with Crippen molar-refractivity contribution in [1.82, 2.24) is 0 Å². The van der Waals surface area contributed by atoms with Gasteiger partial charge >= 0.3 is 0 Å². The summed E-state index contributed by atoms with van der Waals surface area (Å²) in [5.41, 5.74) is -0.118. The largest absolute Gasteiger partial charge is 0.504 e. The number of carbonyl (C=O) groups is 1. The Morgan fingerprint density at radius 1 is 1.05 bits per heavy atom. The summed E-state index contributed by atoms with van der Waals surface area (Å²) in [7, 11) is 0. The molecule has 3 N–H and O–H groups in total. The Bertz CT molecular complexity index is 654. The molecule has 0 atom stereocenters. The van der Waals surface area contributed by atoms with Crippen molar-refractivity contribution in [3.63, 3.8) is 0 Å². The Kier molecular flexibility index (Phi) is 4.14. The first-order valence-corrected chi connectivity index (χ1v) is 6.44. The number of benzene rings is 2. The molecule has 0 saturated carbocycles. The van der Waals surface area contributed by atoms with Crippen LogP contribution >= 0.6 is 15.9 Å². The highest BCUT2D eigenvalue weighted by atomic mass is 79.9. The number of aromatic hydroxyl groups is 3. The third-order valence-corrected chi connectivity index (χ3v) is 3.28. The monoisotopic (exact) mass is 338 g/mol. The van der Waals surface area contributed by atoms with Crippen molar-refractivity contribution in [2.45, 2.75) is 0 Å². The second-order valence-corrected chi connectivity index (χ2v) is 4.83. The van der Waals surface area contributed by atoms with Crippen LogP contribution in [0.3, 0.4) is 0 Å². The second kappa shape index (κ2) is 5.83. The van der Waals surface area contributed by atoms with Gasteiger partial charge in [-0.15, -0.1) is 0 Å². The number of carbonyl (C=O) groups excluding carboxylic acids is 1. The van der Waals surface area contributed by atoms with Crippen LogP contribution in [-0.4, -0.2) is 27.7 Å². The van der Waals surface area contributed by atoms with Crippen LogP contribution in [0.15, 0.2) is 40.9 Å². The smallest absolute Gasteiger partial charge is 0.204 e. The molecular formula is C14H11BrO5. The molecule has 0 heterocycles. The maximum atomic E-state index is 11.9. The number of ether oxygens (including phenoxy) is 1. The average Bonchev–Trinajstić information content (AvgIpc) is 2.44. The zero-order valence-corrected chi connectivity index (χ0v) is 11.8. The summed E-state index contributed by atoms with van der Waals surface area (Å²) in [6.07, 6.45) is 0. The first-order valence-electron chi connectivity index (χ1n) is 5.65. The standard InChI is InChI=1S/C14H11BrO5/c15-9-3-1-2-4-12(9)20-7-11(17)8-5-6-10(16)14(19)13(8)18/h1-6,16,18-19H,7H2. The van der Waals surface area contributed by atoms with Gasteiger partial charge in [-0.2, -0.15) is 0 Å². The van der Waals surface area contributed by atoms with Crippen molar-refractivity contribution in [2.24, 2.45) is 0 Å². The van der Waals surface area contributed by atoms with Gasteiger partial charge in [-0.25, -0.2) is 0 Å². The number of para-hydroxylation sites is 1. The molecule has 0 radical (unpaired) electrons. The van der Waals surface area contributed by atoms with E-state index in [-0.39, 0.29) is 12.2 Å². The molecule has 0 aliphatic heterocycles. The average molecular weight is 339 g/mol. The van der Waals surface area contributed by atoms with Crippen molar-refractivity contribution in [3.05, 3.63) is 46.4 Å². The highest BCUT2D eigenvalue weighted by Crippen LogP contribution is 2.37. The molecule has 0 bridgehead atoms. The molecule has 0 aromatic heterocycles. The molecule has 6 heteroatoms. The third kappa shape index (κ3) is 2.85. The number of hydrogen-bond acceptors (Lipinski definition) is 5. The molecular weight excluding hydrogens is 328 g/mol. The van der Waals surface area contributed by atoms with Crippen LogP contribution in [0.1, 0.15) is 10.4 Å². The van der Waals surface area contributed by atoms with Crippen LogP contribution in [-0.2, 0) is 0 Å². The minimum Gasteiger partial charge on any atom is -0.504 e. The van der Waals surface area contributed by atoms with Crippen LogP contribution in [0.25, 0.3) is 0 Å². The molecule has 0 amide bonds. The topological polar surface area (TPSA) is 87.0 Å². The Balaban J connectivity index is 2.14. The number of phenolic OH excluding ortho intramolecular Hbond substituents is 3. The van der Waals surface area contributed by atoms with E-state index in [2.05, 4.69) is 15.9 Å². The molecule has 0 saturated heterocycles. The molecule has 5 nitrogen and oxygen atoms in total. The van der Waals surface area contributed by atoms with Crippen molar-refractivity contribution < 1.29 is 24.9 Å². The summed E-state index contributed by atoms with van der Waals surface area (Å²) in [5, 5.41) is 28.2. The number of halogens is 1. The fraction of sp³-hybridized carbons (Fsp3) is 0.0714. The summed E-state index contributed by atoms with van der Waals surface area (Å²) in [6.45, 7) is -0.305. The molecule has 0 fully saturated rings. The highest BCUT2D eigenvalue weighted by Gasteiger charge is 2.17. The van der Waals surface area contributed by atoms with Gasteiger partial charge in [0.1, 0.15) is 5.75 Å². The number of hydrogen-bond donors (Lipinski definition) is 3. The van der Waals surface area contributed by atoms with Gasteiger partial charge < -0.3 is 20.1 Å². The van der Waals surface area contributed by atoms with Crippen molar-refractivity contribution in [3.8, 4) is 23.0 Å². The van der Waals surface area contributed by atoms with Crippen LogP contribution in [0.5, 0.6) is 23.0 Å². The number of ketones is 1. The normalized spacial score (nSPS) is 10.2. The predicted octanol–water partition coefficient (Wildman–Crippen LogP) is 2.83. The van der Waals surface area contributed by atoms with E-state index in [0.29, 0.717) is 10.2 Å². The van der Waals surface area contributed by atoms with Gasteiger partial charge in [-0.1, -0.05) is 12.1 Å². The van der Waals surface area contributed by atoms with Crippen LogP contribution in [0, 0.1) is 0 Å². The lowest BCUT2D eigenvalue weighted by Crippen LogP contribution is -2.12. The lowest BCUT2D eigenvalue weighted by Gasteiger charge is -2.09. The molecule has 2 aromatic rings. The van der Waals surface area contributed by atoms with Gasteiger partial charge in [-0.3, -0.25) is 4.79 Å². The molecule has 0 spiro atoms. The van der Waals surface area contributed by atoms with Crippen LogP contribution in [0.4, 0.5) is 0 Å². The minimum absolute atomic E-state index is 0.118. The van der Waals surface area contributed by atoms with Gasteiger partial charge in [0.15, 0.2) is 18.1 Å². The first kappa shape index (κ1) is 14.2. The lowest BCUT2D eigenvalue weighted by molar-refractivity contribution is 0.0917. The van der Waals surface area contributed by atoms with Gasteiger partial charge in [0.05, 0.1) is 10.0 Å². The maximum Gasteiger partial charge on any atom is 0.204 e. The number of rotatable bonds is 4. The zero-order valence-electron chi connectivity index (χ0n) is 10.2. The predicted molar refractivity (Wildman–Crippen MR) is 75.4 cm³/mol. The van der Waals surface area contributed by atoms with E-state index in [4.69, 9.17) is 4.74 Å². The SMILES string of the molecule is O=C(COc1ccccc1Br)c1ccc(O)c(O)c1O. The third-order valence-electron chi connectivity index (χ3n) is 2.63. The molecule has 2 aromatic carbocycles. The summed E-state index contributed by atoms with van der Waals surface area (Å²) in [4.78, 5) is 11.9. The van der Waals surface area contributed by atoms with E-state index < -0.39 is 23.0 Å². The van der Waals surface area contributed by atoms with Gasteiger partial charge in [0.25, 0.3) is 0 Å². The van der Waals surface area contributed by atoms with Crippen LogP contribution < -0.4 is 4.74 Å². The Labute approximate surface area is 123 Å². The van der Waals surface area contributed by atoms with E-state index in [0.717, 1.165) is 6.07 Å². The summed E-state index contributed by atoms with van der Waals surface area (Å²) >= 11 is 3.28. The molecule has 0 aliphatic rings. The Morgan fingerprint density at radius 3 is 2.45 bits per heavy atom. The quantitative estimate of drug-likeness (QED) is 0.589. The van der Waals surface area contributed by atoms with Crippen molar-refractivity contribution in [2.75, 3.05) is 6.61 Å². The number of phenols is 3. The van der Waals surface area contributed by atoms with Crippen LogP contribution in [0.2, 0.25) is 0 Å². The van der Waals surface area contributed by atoms with E-state index in [9.17, 15) is 20.1 Å². The molecule has 2 rings (SSSR count).